The molecule has 31 heavy (non-hydrogen) atoms. The summed E-state index contributed by atoms with van der Waals surface area (Å²) in [6.07, 6.45) is -3.05. The first kappa shape index (κ1) is 22.9. The van der Waals surface area contributed by atoms with E-state index in [-0.39, 0.29) is 17.2 Å². The van der Waals surface area contributed by atoms with Gasteiger partial charge in [-0.1, -0.05) is 0 Å². The Balaban J connectivity index is 2.03. The maximum Gasteiger partial charge on any atom is 0.437 e. The molecule has 1 amide bonds. The summed E-state index contributed by atoms with van der Waals surface area (Å²) in [7, 11) is -2.84. The molecule has 11 nitrogen and oxygen atoms in total. The van der Waals surface area contributed by atoms with Gasteiger partial charge >= 0.3 is 6.09 Å². The van der Waals surface area contributed by atoms with Crippen molar-refractivity contribution in [2.75, 3.05) is 7.05 Å². The van der Waals surface area contributed by atoms with Gasteiger partial charge in [-0.25, -0.2) is 21.9 Å². The van der Waals surface area contributed by atoms with E-state index in [4.69, 9.17) is 9.47 Å². The smallest absolute Gasteiger partial charge is 0.437 e. The van der Waals surface area contributed by atoms with E-state index in [1.165, 1.54) is 14.0 Å². The lowest BCUT2D eigenvalue weighted by Gasteiger charge is -2.37. The molecule has 1 aromatic carbocycles. The molecule has 2 aliphatic heterocycles. The first-order valence-corrected chi connectivity index (χ1v) is 10.9. The van der Waals surface area contributed by atoms with Crippen molar-refractivity contribution in [3.8, 4) is 0 Å². The number of hydrogen-bond acceptors (Lipinski definition) is 7. The number of benzene rings is 1. The highest BCUT2D eigenvalue weighted by Crippen LogP contribution is 2.41. The highest BCUT2D eigenvalue weighted by molar-refractivity contribution is 7.90. The van der Waals surface area contributed by atoms with Crippen molar-refractivity contribution in [1.29, 1.82) is 0 Å². The van der Waals surface area contributed by atoms with Crippen LogP contribution in [0, 0.1) is 15.9 Å². The Labute approximate surface area is 178 Å². The van der Waals surface area contributed by atoms with Crippen LogP contribution in [0.1, 0.15) is 39.4 Å². The van der Waals surface area contributed by atoms with Crippen molar-refractivity contribution in [2.24, 2.45) is 4.99 Å². The minimum Gasteiger partial charge on any atom is -0.442 e. The summed E-state index contributed by atoms with van der Waals surface area (Å²) in [5, 5.41) is 12.8. The van der Waals surface area contributed by atoms with E-state index in [2.05, 4.69) is 10.3 Å². The number of aliphatic imine (C=N–C) groups is 1. The van der Waals surface area contributed by atoms with E-state index in [0.29, 0.717) is 0 Å². The average molecular weight is 458 g/mol. The molecule has 170 valence electrons. The Bertz CT molecular complexity index is 1050. The van der Waals surface area contributed by atoms with Crippen LogP contribution < -0.4 is 5.32 Å². The van der Waals surface area contributed by atoms with E-state index < -0.39 is 56.0 Å². The zero-order valence-electron chi connectivity index (χ0n) is 17.5. The molecule has 0 unspecified atom stereocenters. The summed E-state index contributed by atoms with van der Waals surface area (Å²) in [5.74, 6) is -1.10. The minimum absolute atomic E-state index is 0.169. The molecule has 1 N–H and O–H groups in total. The number of amides is 1. The highest BCUT2D eigenvalue weighted by Gasteiger charge is 2.56. The first-order valence-electron chi connectivity index (χ1n) is 9.37. The number of halogens is 1. The number of nitrogens with one attached hydrogen (secondary N) is 1. The van der Waals surface area contributed by atoms with Crippen molar-refractivity contribution in [1.82, 2.24) is 9.62 Å². The maximum atomic E-state index is 14.5. The summed E-state index contributed by atoms with van der Waals surface area (Å²) in [4.78, 5) is 26.3. The third kappa shape index (κ3) is 4.32. The second-order valence-corrected chi connectivity index (χ2v) is 10.4. The van der Waals surface area contributed by atoms with Crippen LogP contribution in [0.25, 0.3) is 0 Å². The van der Waals surface area contributed by atoms with Crippen molar-refractivity contribution in [3.05, 3.63) is 39.7 Å². The molecule has 13 heteroatoms. The Hall–Kier alpha value is -2.80. The summed E-state index contributed by atoms with van der Waals surface area (Å²) >= 11 is 0. The predicted molar refractivity (Wildman–Crippen MR) is 107 cm³/mol. The molecule has 1 aromatic rings. The van der Waals surface area contributed by atoms with Gasteiger partial charge in [0.15, 0.2) is 0 Å². The third-order valence-corrected chi connectivity index (χ3v) is 7.21. The molecule has 0 radical (unpaired) electrons. The number of sulfonamides is 1. The third-order valence-electron chi connectivity index (χ3n) is 4.91. The summed E-state index contributed by atoms with van der Waals surface area (Å²) in [6.45, 7) is 6.40. The molecule has 2 heterocycles. The van der Waals surface area contributed by atoms with Gasteiger partial charge in [-0.05, 0) is 33.8 Å². The van der Waals surface area contributed by atoms with Gasteiger partial charge in [0.2, 0.25) is 16.0 Å². The van der Waals surface area contributed by atoms with E-state index in [9.17, 15) is 27.7 Å². The second kappa shape index (κ2) is 7.71. The summed E-state index contributed by atoms with van der Waals surface area (Å²) < 4.78 is 52.4. The number of hydrogen-bond donors (Lipinski definition) is 1. The van der Waals surface area contributed by atoms with Crippen LogP contribution in [0.15, 0.2) is 23.2 Å². The summed E-state index contributed by atoms with van der Waals surface area (Å²) in [6, 6.07) is 1.89. The van der Waals surface area contributed by atoms with E-state index in [0.717, 1.165) is 22.5 Å². The summed E-state index contributed by atoms with van der Waals surface area (Å²) in [5.41, 5.74) is -1.39. The van der Waals surface area contributed by atoms with Gasteiger partial charge in [0.1, 0.15) is 22.8 Å². The lowest BCUT2D eigenvalue weighted by atomic mass is 9.99. The predicted octanol–water partition coefficient (Wildman–Crippen LogP) is 2.09. The van der Waals surface area contributed by atoms with Gasteiger partial charge in [-0.15, -0.1) is 4.99 Å². The van der Waals surface area contributed by atoms with Crippen LogP contribution in [-0.4, -0.2) is 59.7 Å². The van der Waals surface area contributed by atoms with Crippen LogP contribution in [0.5, 0.6) is 0 Å². The van der Waals surface area contributed by atoms with Crippen molar-refractivity contribution in [2.45, 2.75) is 56.8 Å². The molecule has 0 saturated carbocycles. The number of fused-ring (bicyclic) bond motifs is 1. The number of nitrogens with zero attached hydrogens (tertiary/aromatic N) is 3. The standard InChI is InChI=1S/C18H23FN4O7S/c1-9-15-13(14(29-9)11-8-10(23(25)26)6-7-12(11)19)20-16(22(5)31(15,27)28)21-17(24)30-18(2,3)4/h6-9,13-15H,1-5H3,(H,20,21,24)/t9-,13+,14+,15-/m1/s1. The van der Waals surface area contributed by atoms with Gasteiger partial charge in [0.25, 0.3) is 5.69 Å². The minimum atomic E-state index is -4.06. The van der Waals surface area contributed by atoms with Crippen molar-refractivity contribution < 1.29 is 32.0 Å². The number of rotatable bonds is 2. The fourth-order valence-electron chi connectivity index (χ4n) is 3.59. The van der Waals surface area contributed by atoms with Gasteiger partial charge in [-0.3, -0.25) is 10.1 Å². The molecule has 2 aliphatic rings. The second-order valence-electron chi connectivity index (χ2n) is 8.29. The molecule has 3 rings (SSSR count). The van der Waals surface area contributed by atoms with Crippen LogP contribution in [0.3, 0.4) is 0 Å². The van der Waals surface area contributed by atoms with Gasteiger partial charge in [0.05, 0.1) is 17.1 Å². The van der Waals surface area contributed by atoms with Gasteiger partial charge < -0.3 is 14.8 Å². The topological polar surface area (TPSA) is 140 Å². The zero-order valence-corrected chi connectivity index (χ0v) is 18.3. The van der Waals surface area contributed by atoms with Crippen LogP contribution >= 0.6 is 0 Å². The number of non-ortho nitro benzene ring substituents is 1. The molecular formula is C18H23FN4O7S. The molecule has 0 bridgehead atoms. The highest BCUT2D eigenvalue weighted by atomic mass is 32.2. The largest absolute Gasteiger partial charge is 0.442 e. The first-order chi connectivity index (χ1) is 14.2. The number of nitro benzene ring substituents is 1. The Kier molecular flexibility index (Phi) is 5.69. The molecule has 0 aliphatic carbocycles. The Morgan fingerprint density at radius 3 is 2.61 bits per heavy atom. The zero-order chi connectivity index (χ0) is 23.3. The number of carbonyl (C=O) groups is 1. The fraction of sp³-hybridized carbons (Fsp3) is 0.556. The average Bonchev–Trinajstić information content (AvgIpc) is 2.95. The van der Waals surface area contributed by atoms with Crippen LogP contribution in [0.4, 0.5) is 14.9 Å². The molecule has 2 fully saturated rings. The van der Waals surface area contributed by atoms with Gasteiger partial charge in [0, 0.05) is 24.7 Å². The molecular weight excluding hydrogens is 435 g/mol. The van der Waals surface area contributed by atoms with Crippen molar-refractivity contribution >= 4 is 27.8 Å². The Morgan fingerprint density at radius 1 is 1.39 bits per heavy atom. The van der Waals surface area contributed by atoms with Crippen LogP contribution in [0.2, 0.25) is 0 Å². The SMILES string of the molecule is C[C@H]1O[C@@H](c2cc([N+](=O)[O-])ccc2F)[C@@H]2N/C(=N/C(=O)OC(C)(C)C)N(C)S(=O)(=O)[C@@H]21. The van der Waals surface area contributed by atoms with Crippen molar-refractivity contribution in [3.63, 3.8) is 0 Å². The van der Waals surface area contributed by atoms with Gasteiger partial charge in [-0.2, -0.15) is 0 Å². The molecule has 0 spiro atoms. The molecule has 4 atom stereocenters. The normalized spacial score (nSPS) is 28.7. The number of carbonyl (C=O) groups excluding carboxylic acids is 1. The number of ether oxygens (including phenoxy) is 2. The quantitative estimate of drug-likeness (QED) is 0.525. The number of guanidine groups is 1. The fourth-order valence-corrected chi connectivity index (χ4v) is 5.42. The molecule has 2 saturated heterocycles. The van der Waals surface area contributed by atoms with E-state index >= 15 is 0 Å². The number of nitro groups is 1. The lowest BCUT2D eigenvalue weighted by Crippen LogP contribution is -2.62. The van der Waals surface area contributed by atoms with E-state index in [1.807, 2.05) is 0 Å². The Morgan fingerprint density at radius 2 is 2.03 bits per heavy atom. The maximum absolute atomic E-state index is 14.5. The monoisotopic (exact) mass is 458 g/mol. The van der Waals surface area contributed by atoms with E-state index in [1.54, 1.807) is 20.8 Å². The lowest BCUT2D eigenvalue weighted by molar-refractivity contribution is -0.385. The molecule has 0 aromatic heterocycles. The van der Waals surface area contributed by atoms with Crippen LogP contribution in [-0.2, 0) is 19.5 Å².